The van der Waals surface area contributed by atoms with E-state index in [1.54, 1.807) is 18.4 Å². The van der Waals surface area contributed by atoms with E-state index in [0.717, 1.165) is 56.8 Å². The summed E-state index contributed by atoms with van der Waals surface area (Å²) >= 11 is 0. The van der Waals surface area contributed by atoms with E-state index >= 15 is 0 Å². The highest BCUT2D eigenvalue weighted by Crippen LogP contribution is 2.23. The lowest BCUT2D eigenvalue weighted by molar-refractivity contribution is -0.125. The van der Waals surface area contributed by atoms with E-state index in [9.17, 15) is 9.59 Å². The zero-order valence-electron chi connectivity index (χ0n) is 16.9. The number of nitrogens with one attached hydrogen (secondary N) is 1. The molecule has 6 heteroatoms. The molecule has 3 rings (SSSR count). The number of allylic oxidation sites excluding steroid dienone is 4. The van der Waals surface area contributed by atoms with Gasteiger partial charge in [0.2, 0.25) is 5.91 Å². The van der Waals surface area contributed by atoms with Crippen molar-refractivity contribution in [2.24, 2.45) is 5.92 Å². The molecule has 0 bridgehead atoms. The number of carbonyl (C=O) groups excluding carboxylic acids is 2. The number of nitrogens with zero attached hydrogens (tertiary/aromatic N) is 2. The van der Waals surface area contributed by atoms with Gasteiger partial charge in [-0.05, 0) is 31.9 Å². The van der Waals surface area contributed by atoms with Gasteiger partial charge in [-0.2, -0.15) is 0 Å². The van der Waals surface area contributed by atoms with E-state index in [4.69, 9.17) is 4.74 Å². The maximum Gasteiger partial charge on any atom is 0.222 e. The van der Waals surface area contributed by atoms with Crippen LogP contribution in [0.5, 0.6) is 0 Å². The molecule has 0 aromatic carbocycles. The Bertz CT molecular complexity index is 698. The summed E-state index contributed by atoms with van der Waals surface area (Å²) in [4.78, 5) is 28.0. The highest BCUT2D eigenvalue weighted by Gasteiger charge is 2.21. The quantitative estimate of drug-likeness (QED) is 0.730. The monoisotopic (exact) mass is 385 g/mol. The average molecular weight is 386 g/mol. The van der Waals surface area contributed by atoms with Gasteiger partial charge in [-0.15, -0.1) is 0 Å². The number of ketones is 1. The van der Waals surface area contributed by atoms with Crippen LogP contribution in [0.25, 0.3) is 0 Å². The Morgan fingerprint density at radius 2 is 2.07 bits per heavy atom. The molecule has 0 atom stereocenters. The number of rotatable bonds is 7. The molecule has 1 aliphatic carbocycles. The van der Waals surface area contributed by atoms with Crippen molar-refractivity contribution in [2.45, 2.75) is 45.6 Å². The zero-order valence-corrected chi connectivity index (χ0v) is 16.9. The van der Waals surface area contributed by atoms with Crippen molar-refractivity contribution in [3.05, 3.63) is 48.2 Å². The van der Waals surface area contributed by atoms with Gasteiger partial charge in [0.05, 0.1) is 0 Å². The smallest absolute Gasteiger partial charge is 0.222 e. The van der Waals surface area contributed by atoms with Crippen LogP contribution in [0.2, 0.25) is 0 Å². The molecule has 6 nitrogen and oxygen atoms in total. The molecule has 28 heavy (non-hydrogen) atoms. The minimum atomic E-state index is 0.0519. The summed E-state index contributed by atoms with van der Waals surface area (Å²) in [5.41, 5.74) is 0.923. The van der Waals surface area contributed by atoms with Crippen molar-refractivity contribution in [1.82, 2.24) is 15.1 Å². The third kappa shape index (κ3) is 5.83. The first kappa shape index (κ1) is 20.4. The highest BCUT2D eigenvalue weighted by molar-refractivity contribution is 5.93. The predicted molar refractivity (Wildman–Crippen MR) is 109 cm³/mol. The minimum absolute atomic E-state index is 0.0519. The second-order valence-electron chi connectivity index (χ2n) is 7.96. The Kier molecular flexibility index (Phi) is 7.09. The Hall–Kier alpha value is -2.34. The fraction of sp³-hybridized carbons (Fsp3) is 0.545. The maximum absolute atomic E-state index is 11.8. The van der Waals surface area contributed by atoms with Crippen LogP contribution < -0.4 is 5.32 Å². The zero-order chi connectivity index (χ0) is 19.9. The molecular formula is C22H31N3O3. The van der Waals surface area contributed by atoms with Gasteiger partial charge in [0.1, 0.15) is 12.0 Å². The standard InChI is InChI=1S/C22H31N3O3/c1-17(2)22(27)23-19-7-11-24(12-8-19)9-4-10-25-13-14-28-21(16-25)18-5-3-6-20(26)15-18/h3,5-6,13-14,16-17,19H,4,7-12,15H2,1-2H3,(H,23,27). The number of amides is 1. The molecule has 1 saturated heterocycles. The maximum atomic E-state index is 11.8. The first-order valence-corrected chi connectivity index (χ1v) is 10.3. The van der Waals surface area contributed by atoms with Gasteiger partial charge in [0.15, 0.2) is 5.78 Å². The summed E-state index contributed by atoms with van der Waals surface area (Å²) in [5.74, 6) is 1.07. The van der Waals surface area contributed by atoms with E-state index in [1.807, 2.05) is 32.3 Å². The molecule has 2 heterocycles. The molecule has 0 radical (unpaired) electrons. The fourth-order valence-corrected chi connectivity index (χ4v) is 3.60. The number of piperidine rings is 1. The van der Waals surface area contributed by atoms with Gasteiger partial charge < -0.3 is 19.9 Å². The largest absolute Gasteiger partial charge is 0.462 e. The topological polar surface area (TPSA) is 61.9 Å². The van der Waals surface area contributed by atoms with Gasteiger partial charge in [0, 0.05) is 56.0 Å². The average Bonchev–Trinajstić information content (AvgIpc) is 2.69. The fourth-order valence-electron chi connectivity index (χ4n) is 3.60. The molecule has 3 aliphatic rings. The molecule has 0 aromatic rings. The molecule has 1 amide bonds. The summed E-state index contributed by atoms with van der Waals surface area (Å²) in [7, 11) is 0. The van der Waals surface area contributed by atoms with Crippen molar-refractivity contribution < 1.29 is 14.3 Å². The van der Waals surface area contributed by atoms with E-state index in [2.05, 4.69) is 15.1 Å². The van der Waals surface area contributed by atoms with Crippen molar-refractivity contribution in [3.63, 3.8) is 0 Å². The Morgan fingerprint density at radius 3 is 2.79 bits per heavy atom. The molecular weight excluding hydrogens is 354 g/mol. The molecule has 0 aromatic heterocycles. The Morgan fingerprint density at radius 1 is 1.29 bits per heavy atom. The van der Waals surface area contributed by atoms with Crippen LogP contribution in [0.4, 0.5) is 0 Å². The van der Waals surface area contributed by atoms with Crippen LogP contribution in [0.1, 0.15) is 39.5 Å². The lowest BCUT2D eigenvalue weighted by Gasteiger charge is -2.33. The normalized spacial score (nSPS) is 20.8. The summed E-state index contributed by atoms with van der Waals surface area (Å²) in [6, 6.07) is 0.319. The van der Waals surface area contributed by atoms with Gasteiger partial charge in [0.25, 0.3) is 0 Å². The summed E-state index contributed by atoms with van der Waals surface area (Å²) in [5, 5.41) is 3.15. The third-order valence-corrected chi connectivity index (χ3v) is 5.34. The van der Waals surface area contributed by atoms with Crippen LogP contribution in [0.3, 0.4) is 0 Å². The number of hydrogen-bond donors (Lipinski definition) is 1. The van der Waals surface area contributed by atoms with Crippen LogP contribution in [-0.2, 0) is 14.3 Å². The van der Waals surface area contributed by atoms with E-state index in [1.165, 1.54) is 0 Å². The molecule has 152 valence electrons. The molecule has 0 saturated carbocycles. The van der Waals surface area contributed by atoms with E-state index in [-0.39, 0.29) is 17.6 Å². The van der Waals surface area contributed by atoms with Gasteiger partial charge >= 0.3 is 0 Å². The van der Waals surface area contributed by atoms with E-state index < -0.39 is 0 Å². The number of hydrogen-bond acceptors (Lipinski definition) is 5. The lowest BCUT2D eigenvalue weighted by atomic mass is 10.0. The molecule has 0 spiro atoms. The van der Waals surface area contributed by atoms with Gasteiger partial charge in [-0.25, -0.2) is 0 Å². The number of likely N-dealkylation sites (tertiary alicyclic amines) is 1. The van der Waals surface area contributed by atoms with E-state index in [0.29, 0.717) is 12.5 Å². The summed E-state index contributed by atoms with van der Waals surface area (Å²) < 4.78 is 5.59. The lowest BCUT2D eigenvalue weighted by Crippen LogP contribution is -2.46. The summed E-state index contributed by atoms with van der Waals surface area (Å²) in [6.07, 6.45) is 14.4. The Labute approximate surface area is 167 Å². The van der Waals surface area contributed by atoms with Crippen molar-refractivity contribution >= 4 is 11.7 Å². The van der Waals surface area contributed by atoms with Crippen LogP contribution in [0, 0.1) is 5.92 Å². The third-order valence-electron chi connectivity index (χ3n) is 5.34. The van der Waals surface area contributed by atoms with Crippen LogP contribution in [0.15, 0.2) is 48.2 Å². The first-order valence-electron chi connectivity index (χ1n) is 10.3. The van der Waals surface area contributed by atoms with Crippen LogP contribution in [-0.4, -0.2) is 53.7 Å². The molecule has 1 fully saturated rings. The minimum Gasteiger partial charge on any atom is -0.462 e. The second kappa shape index (κ2) is 9.73. The molecule has 0 unspecified atom stereocenters. The first-order chi connectivity index (χ1) is 13.5. The summed E-state index contributed by atoms with van der Waals surface area (Å²) in [6.45, 7) is 7.88. The molecule has 1 N–H and O–H groups in total. The SMILES string of the molecule is CC(C)C(=O)NC1CCN(CCCN2C=COC(C3=CC=CC(=O)C3)=C2)CC1. The van der Waals surface area contributed by atoms with Crippen molar-refractivity contribution in [2.75, 3.05) is 26.2 Å². The molecule has 2 aliphatic heterocycles. The van der Waals surface area contributed by atoms with Gasteiger partial charge in [-0.1, -0.05) is 26.0 Å². The van der Waals surface area contributed by atoms with Crippen LogP contribution >= 0.6 is 0 Å². The van der Waals surface area contributed by atoms with Crippen molar-refractivity contribution in [3.8, 4) is 0 Å². The second-order valence-corrected chi connectivity index (χ2v) is 7.96. The van der Waals surface area contributed by atoms with Gasteiger partial charge in [-0.3, -0.25) is 9.59 Å². The highest BCUT2D eigenvalue weighted by atomic mass is 16.5. The number of carbonyl (C=O) groups is 2. The van der Waals surface area contributed by atoms with Crippen molar-refractivity contribution in [1.29, 1.82) is 0 Å². The Balaban J connectivity index is 1.38. The number of ether oxygens (including phenoxy) is 1. The predicted octanol–water partition coefficient (Wildman–Crippen LogP) is 2.71.